The molecule has 1 saturated heterocycles. The van der Waals surface area contributed by atoms with E-state index in [0.29, 0.717) is 6.54 Å². The molecule has 2 aliphatic heterocycles. The van der Waals surface area contributed by atoms with Crippen LogP contribution in [-0.2, 0) is 13.0 Å². The van der Waals surface area contributed by atoms with Gasteiger partial charge in [0, 0.05) is 21.9 Å². The first-order chi connectivity index (χ1) is 11.8. The van der Waals surface area contributed by atoms with Crippen molar-refractivity contribution in [3.63, 3.8) is 0 Å². The quantitative estimate of drug-likeness (QED) is 0.776. The fraction of sp³-hybridized carbons (Fsp3) is 0.350. The maximum Gasteiger partial charge on any atom is 0.109 e. The third-order valence-electron chi connectivity index (χ3n) is 4.93. The molecule has 0 amide bonds. The van der Waals surface area contributed by atoms with Gasteiger partial charge in [-0.1, -0.05) is 41.9 Å². The maximum atomic E-state index is 6.11. The van der Waals surface area contributed by atoms with E-state index in [1.165, 1.54) is 29.8 Å². The number of amidine groups is 1. The molecule has 2 nitrogen and oxygen atoms in total. The van der Waals surface area contributed by atoms with Gasteiger partial charge in [0.2, 0.25) is 0 Å². The lowest BCUT2D eigenvalue weighted by atomic mass is 9.75. The number of hydrogen-bond donors (Lipinski definition) is 1. The molecule has 1 unspecified atom stereocenters. The lowest BCUT2D eigenvalue weighted by Gasteiger charge is -2.42. The number of nitrogens with zero attached hydrogens (tertiary/aromatic N) is 1. The van der Waals surface area contributed by atoms with Crippen molar-refractivity contribution in [1.29, 1.82) is 0 Å². The molecule has 4 rings (SSSR count). The molecule has 1 atom stereocenters. The Hall–Kier alpha value is -1.45. The molecule has 2 heterocycles. The van der Waals surface area contributed by atoms with E-state index in [2.05, 4.69) is 47.4 Å². The SMILES string of the molecule is Clc1cccc(CN=C2Nc3ccccc3CC23CCCSC3)c1. The number of para-hydroxylation sites is 1. The summed E-state index contributed by atoms with van der Waals surface area (Å²) in [6.45, 7) is 0.678. The van der Waals surface area contributed by atoms with Crippen LogP contribution in [0.4, 0.5) is 5.69 Å². The summed E-state index contributed by atoms with van der Waals surface area (Å²) < 4.78 is 0. The average molecular weight is 357 g/mol. The summed E-state index contributed by atoms with van der Waals surface area (Å²) in [7, 11) is 0. The van der Waals surface area contributed by atoms with Crippen LogP contribution in [0.1, 0.15) is 24.0 Å². The third-order valence-corrected chi connectivity index (χ3v) is 6.50. The van der Waals surface area contributed by atoms with Crippen LogP contribution in [0.5, 0.6) is 0 Å². The minimum atomic E-state index is 0.163. The number of rotatable bonds is 2. The number of aliphatic imine (C=N–C) groups is 1. The van der Waals surface area contributed by atoms with E-state index in [-0.39, 0.29) is 5.41 Å². The molecular formula is C20H21ClN2S. The molecule has 4 heteroatoms. The van der Waals surface area contributed by atoms with E-state index < -0.39 is 0 Å². The molecule has 2 aliphatic rings. The molecular weight excluding hydrogens is 336 g/mol. The number of hydrogen-bond acceptors (Lipinski definition) is 2. The first kappa shape index (κ1) is 16.0. The largest absolute Gasteiger partial charge is 0.343 e. The normalized spacial score (nSPS) is 24.6. The van der Waals surface area contributed by atoms with Gasteiger partial charge in [0.05, 0.1) is 6.54 Å². The Balaban J connectivity index is 1.66. The minimum Gasteiger partial charge on any atom is -0.343 e. The van der Waals surface area contributed by atoms with Gasteiger partial charge in [-0.3, -0.25) is 4.99 Å². The standard InChI is InChI=1S/C20H21ClN2S/c21-17-7-3-5-15(11-17)13-22-19-20(9-4-10-24-14-20)12-16-6-1-2-8-18(16)23-19/h1-3,5-8,11H,4,9-10,12-14H2,(H,22,23). The predicted molar refractivity (Wildman–Crippen MR) is 105 cm³/mol. The molecule has 0 bridgehead atoms. The Morgan fingerprint density at radius 2 is 2.08 bits per heavy atom. The van der Waals surface area contributed by atoms with Gasteiger partial charge < -0.3 is 5.32 Å². The molecule has 0 aromatic heterocycles. The average Bonchev–Trinajstić information content (AvgIpc) is 2.61. The zero-order valence-corrected chi connectivity index (χ0v) is 15.2. The Labute approximate surface area is 152 Å². The Morgan fingerprint density at radius 3 is 2.92 bits per heavy atom. The first-order valence-electron chi connectivity index (χ1n) is 8.47. The fourth-order valence-corrected chi connectivity index (χ4v) is 5.18. The number of anilines is 1. The number of benzene rings is 2. The van der Waals surface area contributed by atoms with Crippen LogP contribution in [0.25, 0.3) is 0 Å². The third kappa shape index (κ3) is 3.20. The Morgan fingerprint density at radius 1 is 1.17 bits per heavy atom. The maximum absolute atomic E-state index is 6.11. The van der Waals surface area contributed by atoms with Gasteiger partial charge in [0.1, 0.15) is 5.84 Å². The summed E-state index contributed by atoms with van der Waals surface area (Å²) >= 11 is 8.17. The molecule has 1 spiro atoms. The van der Waals surface area contributed by atoms with Gasteiger partial charge in [-0.05, 0) is 54.3 Å². The van der Waals surface area contributed by atoms with Crippen LogP contribution in [0, 0.1) is 5.41 Å². The van der Waals surface area contributed by atoms with E-state index in [1.54, 1.807) is 0 Å². The van der Waals surface area contributed by atoms with Crippen molar-refractivity contribution < 1.29 is 0 Å². The van der Waals surface area contributed by atoms with Crippen molar-refractivity contribution in [3.05, 3.63) is 64.7 Å². The summed E-state index contributed by atoms with van der Waals surface area (Å²) in [6, 6.07) is 16.6. The van der Waals surface area contributed by atoms with Gasteiger partial charge in [-0.2, -0.15) is 11.8 Å². The van der Waals surface area contributed by atoms with Crippen LogP contribution >= 0.6 is 23.4 Å². The van der Waals surface area contributed by atoms with E-state index in [1.807, 2.05) is 18.2 Å². The van der Waals surface area contributed by atoms with Gasteiger partial charge in [0.15, 0.2) is 0 Å². The highest BCUT2D eigenvalue weighted by atomic mass is 35.5. The van der Waals surface area contributed by atoms with Crippen molar-refractivity contribution in [1.82, 2.24) is 0 Å². The van der Waals surface area contributed by atoms with Crippen molar-refractivity contribution in [3.8, 4) is 0 Å². The number of thioether (sulfide) groups is 1. The summed E-state index contributed by atoms with van der Waals surface area (Å²) in [6.07, 6.45) is 3.58. The number of nitrogens with one attached hydrogen (secondary N) is 1. The molecule has 2 aromatic rings. The highest BCUT2D eigenvalue weighted by Crippen LogP contribution is 2.43. The van der Waals surface area contributed by atoms with Gasteiger partial charge in [0.25, 0.3) is 0 Å². The fourth-order valence-electron chi connectivity index (χ4n) is 3.70. The highest BCUT2D eigenvalue weighted by Gasteiger charge is 2.41. The lowest BCUT2D eigenvalue weighted by Crippen LogP contribution is -2.45. The van der Waals surface area contributed by atoms with Crippen LogP contribution in [0.3, 0.4) is 0 Å². The topological polar surface area (TPSA) is 24.4 Å². The second-order valence-corrected chi connectivity index (χ2v) is 8.23. The summed E-state index contributed by atoms with van der Waals surface area (Å²) in [5, 5.41) is 4.42. The minimum absolute atomic E-state index is 0.163. The second-order valence-electron chi connectivity index (χ2n) is 6.69. The highest BCUT2D eigenvalue weighted by molar-refractivity contribution is 7.99. The second kappa shape index (κ2) is 6.81. The number of fused-ring (bicyclic) bond motifs is 1. The molecule has 1 N–H and O–H groups in total. The first-order valence-corrected chi connectivity index (χ1v) is 10.0. The predicted octanol–water partition coefficient (Wildman–Crippen LogP) is 5.42. The van der Waals surface area contributed by atoms with Crippen LogP contribution in [0.15, 0.2) is 53.5 Å². The van der Waals surface area contributed by atoms with Crippen LogP contribution in [0.2, 0.25) is 5.02 Å². The zero-order chi connectivity index (χ0) is 16.4. The van der Waals surface area contributed by atoms with Crippen molar-refractivity contribution in [2.45, 2.75) is 25.8 Å². The smallest absolute Gasteiger partial charge is 0.109 e. The molecule has 2 aromatic carbocycles. The van der Waals surface area contributed by atoms with Gasteiger partial charge in [-0.25, -0.2) is 0 Å². The van der Waals surface area contributed by atoms with Gasteiger partial charge in [-0.15, -0.1) is 0 Å². The molecule has 124 valence electrons. The monoisotopic (exact) mass is 356 g/mol. The summed E-state index contributed by atoms with van der Waals surface area (Å²) in [5.41, 5.74) is 3.95. The van der Waals surface area contributed by atoms with E-state index in [4.69, 9.17) is 16.6 Å². The number of halogens is 1. The Kier molecular flexibility index (Phi) is 4.55. The molecule has 0 aliphatic carbocycles. The molecule has 0 radical (unpaired) electrons. The lowest BCUT2D eigenvalue weighted by molar-refractivity contribution is 0.413. The Bertz CT molecular complexity index is 766. The van der Waals surface area contributed by atoms with Crippen molar-refractivity contribution in [2.75, 3.05) is 16.8 Å². The summed E-state index contributed by atoms with van der Waals surface area (Å²) in [5.74, 6) is 3.58. The summed E-state index contributed by atoms with van der Waals surface area (Å²) in [4.78, 5) is 5.00. The molecule has 24 heavy (non-hydrogen) atoms. The van der Waals surface area contributed by atoms with Crippen molar-refractivity contribution >= 4 is 34.9 Å². The van der Waals surface area contributed by atoms with E-state index in [9.17, 15) is 0 Å². The van der Waals surface area contributed by atoms with Gasteiger partial charge >= 0.3 is 0 Å². The molecule has 0 saturated carbocycles. The molecule has 1 fully saturated rings. The zero-order valence-electron chi connectivity index (χ0n) is 13.6. The van der Waals surface area contributed by atoms with Crippen LogP contribution in [-0.4, -0.2) is 17.3 Å². The van der Waals surface area contributed by atoms with E-state index >= 15 is 0 Å². The van der Waals surface area contributed by atoms with Crippen molar-refractivity contribution in [2.24, 2.45) is 10.4 Å². The van der Waals surface area contributed by atoms with E-state index in [0.717, 1.165) is 28.6 Å². The van der Waals surface area contributed by atoms with Crippen LogP contribution < -0.4 is 5.32 Å².